The summed E-state index contributed by atoms with van der Waals surface area (Å²) in [5.41, 5.74) is -1.41. The number of ether oxygens (including phenoxy) is 1. The molecule has 0 aromatic rings. The molecule has 0 heterocycles. The molecule has 8 heteroatoms. The van der Waals surface area contributed by atoms with Crippen LogP contribution in [0, 0.1) is 34.0 Å². The number of Topliss-reactive ketones (excluding diaryl/α,β-unsaturated/α-hetero) is 2. The van der Waals surface area contributed by atoms with Crippen molar-refractivity contribution in [1.29, 1.82) is 15.8 Å². The van der Waals surface area contributed by atoms with Crippen LogP contribution in [0.4, 0.5) is 0 Å². The van der Waals surface area contributed by atoms with E-state index >= 15 is 0 Å². The number of nitriles is 3. The topological polar surface area (TPSA) is 144 Å². The van der Waals surface area contributed by atoms with Crippen molar-refractivity contribution in [2.24, 2.45) is 4.99 Å². The summed E-state index contributed by atoms with van der Waals surface area (Å²) in [5.74, 6) is -0.653. The summed E-state index contributed by atoms with van der Waals surface area (Å²) in [7, 11) is 0. The highest BCUT2D eigenvalue weighted by molar-refractivity contribution is 5.84. The number of isocyanates is 1. The van der Waals surface area contributed by atoms with Crippen molar-refractivity contribution >= 4 is 17.6 Å². The third kappa shape index (κ3) is 9.23. The Hall–Kier alpha value is -2.85. The fourth-order valence-corrected chi connectivity index (χ4v) is 2.05. The molecule has 0 N–H and O–H groups in total. The number of rotatable bonds is 13. The van der Waals surface area contributed by atoms with Gasteiger partial charge in [0.05, 0.1) is 37.8 Å². The van der Waals surface area contributed by atoms with E-state index in [-0.39, 0.29) is 69.7 Å². The van der Waals surface area contributed by atoms with Gasteiger partial charge in [-0.25, -0.2) is 4.79 Å². The first-order valence-corrected chi connectivity index (χ1v) is 7.34. The summed E-state index contributed by atoms with van der Waals surface area (Å²) < 4.78 is 5.27. The van der Waals surface area contributed by atoms with E-state index in [1.54, 1.807) is 0 Å². The van der Waals surface area contributed by atoms with Crippen LogP contribution in [0.25, 0.3) is 0 Å². The van der Waals surface area contributed by atoms with Gasteiger partial charge in [0, 0.05) is 38.5 Å². The van der Waals surface area contributed by atoms with Crippen molar-refractivity contribution in [3.63, 3.8) is 0 Å². The van der Waals surface area contributed by atoms with Crippen LogP contribution in [0.2, 0.25) is 0 Å². The van der Waals surface area contributed by atoms with E-state index < -0.39 is 5.54 Å². The van der Waals surface area contributed by atoms with Gasteiger partial charge in [0.2, 0.25) is 6.08 Å². The average molecular weight is 330 g/mol. The van der Waals surface area contributed by atoms with Gasteiger partial charge in [0.1, 0.15) is 17.1 Å². The van der Waals surface area contributed by atoms with Gasteiger partial charge in [-0.1, -0.05) is 0 Å². The lowest BCUT2D eigenvalue weighted by Gasteiger charge is -2.26. The minimum Gasteiger partial charge on any atom is -0.378 e. The highest BCUT2D eigenvalue weighted by Crippen LogP contribution is 2.24. The Morgan fingerprint density at radius 1 is 0.917 bits per heavy atom. The van der Waals surface area contributed by atoms with E-state index in [1.165, 1.54) is 6.08 Å². The fraction of sp³-hybridized carbons (Fsp3) is 0.625. The molecule has 0 bridgehead atoms. The molecule has 126 valence electrons. The first-order chi connectivity index (χ1) is 11.5. The molecule has 0 amide bonds. The lowest BCUT2D eigenvalue weighted by atomic mass is 9.86. The van der Waals surface area contributed by atoms with Crippen molar-refractivity contribution < 1.29 is 19.1 Å². The van der Waals surface area contributed by atoms with Crippen LogP contribution in [0.5, 0.6) is 0 Å². The maximum absolute atomic E-state index is 12.0. The van der Waals surface area contributed by atoms with Crippen molar-refractivity contribution in [2.45, 2.75) is 50.5 Å². The summed E-state index contributed by atoms with van der Waals surface area (Å²) in [6, 6.07) is 5.58. The van der Waals surface area contributed by atoms with Gasteiger partial charge < -0.3 is 4.74 Å². The van der Waals surface area contributed by atoms with Crippen molar-refractivity contribution in [3.8, 4) is 18.2 Å². The van der Waals surface area contributed by atoms with Crippen LogP contribution in [0.1, 0.15) is 44.9 Å². The summed E-state index contributed by atoms with van der Waals surface area (Å²) in [4.78, 5) is 38.3. The molecule has 0 saturated heterocycles. The number of nitrogens with zero attached hydrogens (tertiary/aromatic N) is 4. The van der Waals surface area contributed by atoms with Crippen LogP contribution >= 0.6 is 0 Å². The second kappa shape index (κ2) is 12.7. The maximum Gasteiger partial charge on any atom is 0.235 e. The number of hydrogen-bond donors (Lipinski definition) is 0. The predicted octanol–water partition coefficient (Wildman–Crippen LogP) is 1.52. The molecule has 0 aliphatic heterocycles. The Kier molecular flexibility index (Phi) is 11.2. The molecule has 0 radical (unpaired) electrons. The monoisotopic (exact) mass is 330 g/mol. The second-order valence-electron chi connectivity index (χ2n) is 5.14. The Balaban J connectivity index is 5.15. The quantitative estimate of drug-likeness (QED) is 0.283. The molecular formula is C16H18N4O4. The zero-order valence-corrected chi connectivity index (χ0v) is 13.3. The molecule has 0 saturated carbocycles. The normalized spacial score (nSPS) is 9.88. The van der Waals surface area contributed by atoms with E-state index in [4.69, 9.17) is 20.5 Å². The lowest BCUT2D eigenvalue weighted by molar-refractivity contribution is -0.123. The first-order valence-electron chi connectivity index (χ1n) is 7.34. The third-order valence-electron chi connectivity index (χ3n) is 3.10. The van der Waals surface area contributed by atoms with Crippen LogP contribution in [-0.2, 0) is 19.1 Å². The number of ketones is 2. The molecular weight excluding hydrogens is 312 g/mol. The molecule has 0 aromatic carbocycles. The van der Waals surface area contributed by atoms with Crippen molar-refractivity contribution in [2.75, 3.05) is 13.2 Å². The third-order valence-corrected chi connectivity index (χ3v) is 3.10. The molecule has 0 aliphatic rings. The Morgan fingerprint density at radius 3 is 1.83 bits per heavy atom. The van der Waals surface area contributed by atoms with E-state index in [9.17, 15) is 14.4 Å². The molecule has 0 atom stereocenters. The Labute approximate surface area is 140 Å². The zero-order valence-electron chi connectivity index (χ0n) is 13.3. The van der Waals surface area contributed by atoms with Crippen molar-refractivity contribution in [3.05, 3.63) is 0 Å². The SMILES string of the molecule is N#CCCOCC(CC(=O)CCC#N)(CC(=O)CCC#N)N=C=O. The maximum atomic E-state index is 12.0. The number of carbonyl (C=O) groups is 2. The van der Waals surface area contributed by atoms with E-state index in [2.05, 4.69) is 4.99 Å². The van der Waals surface area contributed by atoms with Gasteiger partial charge in [-0.05, 0) is 0 Å². The minimum absolute atomic E-state index is 0.0167. The fourth-order valence-electron chi connectivity index (χ4n) is 2.05. The second-order valence-corrected chi connectivity index (χ2v) is 5.14. The summed E-state index contributed by atoms with van der Waals surface area (Å²) >= 11 is 0. The van der Waals surface area contributed by atoms with E-state index in [0.717, 1.165) is 0 Å². The summed E-state index contributed by atoms with van der Waals surface area (Å²) in [5, 5.41) is 25.6. The summed E-state index contributed by atoms with van der Waals surface area (Å²) in [6.07, 6.45) is 1.02. The molecule has 0 aliphatic carbocycles. The molecule has 0 aromatic heterocycles. The smallest absolute Gasteiger partial charge is 0.235 e. The lowest BCUT2D eigenvalue weighted by Crippen LogP contribution is -2.38. The van der Waals surface area contributed by atoms with Crippen LogP contribution in [-0.4, -0.2) is 36.4 Å². The minimum atomic E-state index is -1.41. The summed E-state index contributed by atoms with van der Waals surface area (Å²) in [6.45, 7) is -0.119. The van der Waals surface area contributed by atoms with Gasteiger partial charge in [-0.15, -0.1) is 0 Å². The molecule has 8 nitrogen and oxygen atoms in total. The van der Waals surface area contributed by atoms with Gasteiger partial charge in [-0.3, -0.25) is 9.59 Å². The zero-order chi connectivity index (χ0) is 18.3. The number of hydrogen-bond acceptors (Lipinski definition) is 8. The number of carbonyl (C=O) groups excluding carboxylic acids is 3. The first kappa shape index (κ1) is 21.1. The van der Waals surface area contributed by atoms with Crippen molar-refractivity contribution in [1.82, 2.24) is 0 Å². The Morgan fingerprint density at radius 2 is 1.42 bits per heavy atom. The Bertz CT molecular complexity index is 571. The van der Waals surface area contributed by atoms with E-state index in [0.29, 0.717) is 0 Å². The van der Waals surface area contributed by atoms with Gasteiger partial charge >= 0.3 is 0 Å². The van der Waals surface area contributed by atoms with Gasteiger partial charge in [-0.2, -0.15) is 20.8 Å². The van der Waals surface area contributed by atoms with Crippen LogP contribution in [0.15, 0.2) is 4.99 Å². The number of aliphatic imine (C=N–C) groups is 1. The van der Waals surface area contributed by atoms with Crippen LogP contribution in [0.3, 0.4) is 0 Å². The molecule has 0 unspecified atom stereocenters. The molecule has 0 rings (SSSR count). The molecule has 24 heavy (non-hydrogen) atoms. The van der Waals surface area contributed by atoms with Gasteiger partial charge in [0.25, 0.3) is 0 Å². The largest absolute Gasteiger partial charge is 0.378 e. The molecule has 0 fully saturated rings. The average Bonchev–Trinajstić information content (AvgIpc) is 2.55. The van der Waals surface area contributed by atoms with Crippen LogP contribution < -0.4 is 0 Å². The highest BCUT2D eigenvalue weighted by Gasteiger charge is 2.35. The van der Waals surface area contributed by atoms with E-state index in [1.807, 2.05) is 18.2 Å². The standard InChI is InChI=1S/C16H18N4O4/c17-6-1-4-14(22)10-16(20-13-21,12-24-9-3-8-19)11-15(23)5-2-7-18/h1-5,9-12H2. The van der Waals surface area contributed by atoms with Gasteiger partial charge in [0.15, 0.2) is 0 Å². The predicted molar refractivity (Wildman–Crippen MR) is 80.8 cm³/mol. The molecule has 0 spiro atoms. The highest BCUT2D eigenvalue weighted by atomic mass is 16.5.